The lowest BCUT2D eigenvalue weighted by atomic mass is 10.1. The highest BCUT2D eigenvalue weighted by atomic mass is 16.5. The van der Waals surface area contributed by atoms with Gasteiger partial charge in [-0.15, -0.1) is 0 Å². The molecule has 2 aliphatic rings. The molecule has 1 N–H and O–H groups in total. The van der Waals surface area contributed by atoms with E-state index in [2.05, 4.69) is 34.3 Å². The minimum absolute atomic E-state index is 0.144. The van der Waals surface area contributed by atoms with E-state index in [9.17, 15) is 9.59 Å². The van der Waals surface area contributed by atoms with Crippen molar-refractivity contribution >= 4 is 5.91 Å². The van der Waals surface area contributed by atoms with Crippen LogP contribution >= 0.6 is 0 Å². The summed E-state index contributed by atoms with van der Waals surface area (Å²) in [6.07, 6.45) is 4.11. The van der Waals surface area contributed by atoms with E-state index in [4.69, 9.17) is 4.52 Å². The summed E-state index contributed by atoms with van der Waals surface area (Å²) in [5, 5.41) is 2.26. The van der Waals surface area contributed by atoms with E-state index in [1.54, 1.807) is 0 Å². The van der Waals surface area contributed by atoms with E-state index in [0.29, 0.717) is 24.6 Å². The third-order valence-corrected chi connectivity index (χ3v) is 5.59. The molecule has 1 aromatic heterocycles. The number of benzene rings is 1. The Morgan fingerprint density at radius 2 is 1.88 bits per heavy atom. The Labute approximate surface area is 152 Å². The highest BCUT2D eigenvalue weighted by molar-refractivity contribution is 5.76. The number of nitrogens with one attached hydrogen (secondary N) is 1. The fourth-order valence-corrected chi connectivity index (χ4v) is 4.18. The van der Waals surface area contributed by atoms with Crippen LogP contribution in [0.1, 0.15) is 29.7 Å². The summed E-state index contributed by atoms with van der Waals surface area (Å²) in [6, 6.07) is 10.7. The van der Waals surface area contributed by atoms with Crippen LogP contribution in [0.2, 0.25) is 0 Å². The van der Waals surface area contributed by atoms with Crippen molar-refractivity contribution in [2.24, 2.45) is 0 Å². The van der Waals surface area contributed by atoms with E-state index in [1.165, 1.54) is 17.2 Å². The van der Waals surface area contributed by atoms with E-state index in [-0.39, 0.29) is 11.5 Å². The number of aromatic amines is 1. The van der Waals surface area contributed by atoms with E-state index >= 15 is 0 Å². The molecule has 6 nitrogen and oxygen atoms in total. The summed E-state index contributed by atoms with van der Waals surface area (Å²) in [5.74, 6) is 0.689. The molecule has 1 aliphatic carbocycles. The molecule has 1 amide bonds. The van der Waals surface area contributed by atoms with Gasteiger partial charge in [-0.3, -0.25) is 14.5 Å². The standard InChI is InChI=1S/C20H25N3O3/c24-19-14-18(26-21-19)6-7-20(25)23-9-3-8-22(10-11-23)17-12-15-4-1-2-5-16(15)13-17/h1-2,4-5,14,17H,3,6-13H2,(H,21,24). The van der Waals surface area contributed by atoms with Crippen molar-refractivity contribution < 1.29 is 9.32 Å². The molecule has 1 aliphatic heterocycles. The zero-order valence-electron chi connectivity index (χ0n) is 14.9. The second-order valence-corrected chi connectivity index (χ2v) is 7.28. The van der Waals surface area contributed by atoms with Gasteiger partial charge in [0.1, 0.15) is 5.76 Å². The Morgan fingerprint density at radius 1 is 1.12 bits per heavy atom. The minimum Gasteiger partial charge on any atom is -0.384 e. The second-order valence-electron chi connectivity index (χ2n) is 7.28. The largest absolute Gasteiger partial charge is 0.384 e. The predicted molar refractivity (Wildman–Crippen MR) is 98.1 cm³/mol. The molecule has 0 atom stereocenters. The zero-order valence-corrected chi connectivity index (χ0v) is 14.9. The van der Waals surface area contributed by atoms with Crippen molar-refractivity contribution in [3.8, 4) is 0 Å². The molecule has 4 rings (SSSR count). The number of fused-ring (bicyclic) bond motifs is 1. The fourth-order valence-electron chi connectivity index (χ4n) is 4.18. The smallest absolute Gasteiger partial charge is 0.280 e. The number of aromatic nitrogens is 1. The molecule has 0 spiro atoms. The van der Waals surface area contributed by atoms with Crippen LogP contribution in [0.15, 0.2) is 39.6 Å². The van der Waals surface area contributed by atoms with Crippen LogP contribution in [0.25, 0.3) is 0 Å². The Hall–Kier alpha value is -2.34. The lowest BCUT2D eigenvalue weighted by Gasteiger charge is -2.27. The number of rotatable bonds is 4. The molecule has 1 saturated heterocycles. The zero-order chi connectivity index (χ0) is 17.9. The Balaban J connectivity index is 1.29. The van der Waals surface area contributed by atoms with Gasteiger partial charge in [0.2, 0.25) is 5.91 Å². The van der Waals surface area contributed by atoms with Crippen LogP contribution in [0, 0.1) is 0 Å². The number of amides is 1. The van der Waals surface area contributed by atoms with Crippen LogP contribution in [0.3, 0.4) is 0 Å². The first-order valence-electron chi connectivity index (χ1n) is 9.45. The maximum Gasteiger partial charge on any atom is 0.280 e. The minimum atomic E-state index is -0.254. The highest BCUT2D eigenvalue weighted by Gasteiger charge is 2.28. The number of carbonyl (C=O) groups is 1. The first-order chi connectivity index (χ1) is 12.7. The SMILES string of the molecule is O=C(CCc1cc(=O)[nH]o1)N1CCCN(C2Cc3ccccc3C2)CC1. The van der Waals surface area contributed by atoms with Gasteiger partial charge in [-0.1, -0.05) is 24.3 Å². The molecule has 26 heavy (non-hydrogen) atoms. The van der Waals surface area contributed by atoms with Crippen molar-refractivity contribution in [2.75, 3.05) is 26.2 Å². The average molecular weight is 355 g/mol. The van der Waals surface area contributed by atoms with Crippen LogP contribution < -0.4 is 5.56 Å². The number of H-pyrrole nitrogens is 1. The van der Waals surface area contributed by atoms with Crippen molar-refractivity contribution in [3.63, 3.8) is 0 Å². The maximum atomic E-state index is 12.5. The summed E-state index contributed by atoms with van der Waals surface area (Å²) in [4.78, 5) is 28.1. The van der Waals surface area contributed by atoms with Gasteiger partial charge in [0, 0.05) is 51.1 Å². The van der Waals surface area contributed by atoms with Gasteiger partial charge in [0.05, 0.1) is 0 Å². The quantitative estimate of drug-likeness (QED) is 0.905. The summed E-state index contributed by atoms with van der Waals surface area (Å²) in [5.41, 5.74) is 2.70. The molecular formula is C20H25N3O3. The first kappa shape index (κ1) is 17.1. The van der Waals surface area contributed by atoms with E-state index in [1.807, 2.05) is 4.90 Å². The third-order valence-electron chi connectivity index (χ3n) is 5.59. The summed E-state index contributed by atoms with van der Waals surface area (Å²) in [7, 11) is 0. The topological polar surface area (TPSA) is 69.5 Å². The molecule has 0 bridgehead atoms. The molecule has 0 radical (unpaired) electrons. The molecule has 0 unspecified atom stereocenters. The Morgan fingerprint density at radius 3 is 2.58 bits per heavy atom. The van der Waals surface area contributed by atoms with Crippen LogP contribution in [-0.4, -0.2) is 53.1 Å². The monoisotopic (exact) mass is 355 g/mol. The van der Waals surface area contributed by atoms with Crippen LogP contribution in [0.4, 0.5) is 0 Å². The first-order valence-corrected chi connectivity index (χ1v) is 9.45. The van der Waals surface area contributed by atoms with Gasteiger partial charge in [-0.05, 0) is 30.4 Å². The second kappa shape index (κ2) is 7.50. The average Bonchev–Trinajstić information content (AvgIpc) is 3.18. The predicted octanol–water partition coefficient (Wildman–Crippen LogP) is 1.60. The molecule has 2 heterocycles. The molecule has 2 aromatic rings. The lowest BCUT2D eigenvalue weighted by Crippen LogP contribution is -2.40. The van der Waals surface area contributed by atoms with Crippen molar-refractivity contribution in [1.82, 2.24) is 15.0 Å². The summed E-state index contributed by atoms with van der Waals surface area (Å²) >= 11 is 0. The molecule has 1 fully saturated rings. The number of hydrogen-bond donors (Lipinski definition) is 1. The van der Waals surface area contributed by atoms with Gasteiger partial charge in [0.25, 0.3) is 5.56 Å². The lowest BCUT2D eigenvalue weighted by molar-refractivity contribution is -0.131. The Kier molecular flexibility index (Phi) is 4.93. The molecule has 1 aromatic carbocycles. The number of nitrogens with zero attached hydrogens (tertiary/aromatic N) is 2. The fraction of sp³-hybridized carbons (Fsp3) is 0.500. The van der Waals surface area contributed by atoms with Gasteiger partial charge in [-0.25, -0.2) is 0 Å². The van der Waals surface area contributed by atoms with Gasteiger partial charge in [-0.2, -0.15) is 5.16 Å². The van der Waals surface area contributed by atoms with Gasteiger partial charge >= 0.3 is 0 Å². The number of aryl methyl sites for hydroxylation is 1. The normalized spacial score (nSPS) is 18.7. The maximum absolute atomic E-state index is 12.5. The summed E-state index contributed by atoms with van der Waals surface area (Å²) in [6.45, 7) is 3.58. The van der Waals surface area contributed by atoms with E-state index in [0.717, 1.165) is 45.4 Å². The number of hydrogen-bond acceptors (Lipinski definition) is 4. The summed E-state index contributed by atoms with van der Waals surface area (Å²) < 4.78 is 5.03. The third kappa shape index (κ3) is 3.75. The Bertz CT molecular complexity index is 800. The molecule has 6 heteroatoms. The molecule has 138 valence electrons. The van der Waals surface area contributed by atoms with Gasteiger partial charge < -0.3 is 9.42 Å². The molecular weight excluding hydrogens is 330 g/mol. The van der Waals surface area contributed by atoms with Crippen molar-refractivity contribution in [1.29, 1.82) is 0 Å². The number of carbonyl (C=O) groups excluding carboxylic acids is 1. The van der Waals surface area contributed by atoms with Crippen LogP contribution in [0.5, 0.6) is 0 Å². The van der Waals surface area contributed by atoms with Crippen molar-refractivity contribution in [2.45, 2.75) is 38.1 Å². The van der Waals surface area contributed by atoms with Crippen molar-refractivity contribution in [3.05, 3.63) is 57.6 Å². The van der Waals surface area contributed by atoms with Gasteiger partial charge in [0.15, 0.2) is 0 Å². The molecule has 0 saturated carbocycles. The van der Waals surface area contributed by atoms with E-state index < -0.39 is 0 Å². The van der Waals surface area contributed by atoms with Crippen LogP contribution in [-0.2, 0) is 24.1 Å². The highest BCUT2D eigenvalue weighted by Crippen LogP contribution is 2.26.